The van der Waals surface area contributed by atoms with E-state index in [1.165, 1.54) is 62.7 Å². The summed E-state index contributed by atoms with van der Waals surface area (Å²) < 4.78 is 0. The highest BCUT2D eigenvalue weighted by Crippen LogP contribution is 2.31. The molecular weight excluding hydrogens is 232 g/mol. The molecule has 0 spiro atoms. The molecule has 0 radical (unpaired) electrons. The molecule has 1 aromatic rings. The van der Waals surface area contributed by atoms with Crippen LogP contribution in [0.15, 0.2) is 18.3 Å². The predicted molar refractivity (Wildman–Crippen MR) is 79.0 cm³/mol. The van der Waals surface area contributed by atoms with Gasteiger partial charge in [-0.1, -0.05) is 25.8 Å². The van der Waals surface area contributed by atoms with E-state index in [0.717, 1.165) is 11.8 Å². The largest absolute Gasteiger partial charge is 0.308 e. The van der Waals surface area contributed by atoms with Crippen molar-refractivity contribution in [3.05, 3.63) is 29.6 Å². The van der Waals surface area contributed by atoms with Gasteiger partial charge in [0.15, 0.2) is 0 Å². The highest BCUT2D eigenvalue weighted by molar-refractivity contribution is 5.25. The number of aryl methyl sites for hydroxylation is 1. The van der Waals surface area contributed by atoms with Crippen molar-refractivity contribution in [2.45, 2.75) is 57.9 Å². The van der Waals surface area contributed by atoms with Gasteiger partial charge in [-0.25, -0.2) is 0 Å². The summed E-state index contributed by atoms with van der Waals surface area (Å²) in [6.07, 6.45) is 11.4. The molecule has 19 heavy (non-hydrogen) atoms. The zero-order valence-corrected chi connectivity index (χ0v) is 12.1. The number of rotatable bonds is 3. The van der Waals surface area contributed by atoms with Gasteiger partial charge < -0.3 is 5.32 Å². The summed E-state index contributed by atoms with van der Waals surface area (Å²) in [6.45, 7) is 3.59. The summed E-state index contributed by atoms with van der Waals surface area (Å²) in [7, 11) is 0. The number of pyridine rings is 1. The highest BCUT2D eigenvalue weighted by atomic mass is 14.9. The zero-order chi connectivity index (χ0) is 13.1. The van der Waals surface area contributed by atoms with Crippen LogP contribution in [0, 0.1) is 11.8 Å². The van der Waals surface area contributed by atoms with Crippen LogP contribution in [0.3, 0.4) is 0 Å². The van der Waals surface area contributed by atoms with Crippen molar-refractivity contribution in [3.8, 4) is 0 Å². The van der Waals surface area contributed by atoms with Crippen molar-refractivity contribution in [2.75, 3.05) is 6.54 Å². The number of nitrogens with zero attached hydrogens (tertiary/aromatic N) is 1. The second kappa shape index (κ2) is 6.04. The summed E-state index contributed by atoms with van der Waals surface area (Å²) in [5, 5.41) is 3.81. The number of hydrogen-bond donors (Lipinski definition) is 1. The fourth-order valence-corrected chi connectivity index (χ4v) is 3.86. The third kappa shape index (κ3) is 3.17. The van der Waals surface area contributed by atoms with Gasteiger partial charge >= 0.3 is 0 Å². The summed E-state index contributed by atoms with van der Waals surface area (Å²) >= 11 is 0. The minimum absolute atomic E-state index is 0.502. The van der Waals surface area contributed by atoms with Gasteiger partial charge in [0.2, 0.25) is 0 Å². The molecule has 1 fully saturated rings. The maximum Gasteiger partial charge on any atom is 0.0605 e. The number of fused-ring (bicyclic) bond motifs is 1. The molecule has 0 aliphatic heterocycles. The summed E-state index contributed by atoms with van der Waals surface area (Å²) in [5.74, 6) is 1.81. The van der Waals surface area contributed by atoms with Crippen LogP contribution in [0.2, 0.25) is 0 Å². The van der Waals surface area contributed by atoms with Crippen molar-refractivity contribution in [3.63, 3.8) is 0 Å². The highest BCUT2D eigenvalue weighted by Gasteiger charge is 2.23. The van der Waals surface area contributed by atoms with Crippen LogP contribution in [0.5, 0.6) is 0 Å². The lowest BCUT2D eigenvalue weighted by Crippen LogP contribution is -2.32. The van der Waals surface area contributed by atoms with Crippen LogP contribution in [0.25, 0.3) is 0 Å². The van der Waals surface area contributed by atoms with Crippen LogP contribution in [0.1, 0.15) is 62.7 Å². The normalized spacial score (nSPS) is 30.9. The van der Waals surface area contributed by atoms with Gasteiger partial charge in [-0.3, -0.25) is 4.98 Å². The van der Waals surface area contributed by atoms with E-state index in [1.54, 1.807) is 0 Å². The monoisotopic (exact) mass is 258 g/mol. The molecule has 104 valence electrons. The Morgan fingerprint density at radius 3 is 3.11 bits per heavy atom. The van der Waals surface area contributed by atoms with Gasteiger partial charge in [-0.05, 0) is 62.1 Å². The number of nitrogens with one attached hydrogen (secondary N) is 1. The summed E-state index contributed by atoms with van der Waals surface area (Å²) in [4.78, 5) is 4.62. The lowest BCUT2D eigenvalue weighted by atomic mass is 9.82. The van der Waals surface area contributed by atoms with Crippen molar-refractivity contribution < 1.29 is 0 Å². The molecule has 0 aromatic carbocycles. The molecule has 3 atom stereocenters. The minimum atomic E-state index is 0.502. The van der Waals surface area contributed by atoms with Gasteiger partial charge in [-0.2, -0.15) is 0 Å². The molecule has 0 saturated heterocycles. The fourth-order valence-electron chi connectivity index (χ4n) is 3.86. The Hall–Kier alpha value is -0.890. The maximum atomic E-state index is 4.62. The lowest BCUT2D eigenvalue weighted by Gasteiger charge is -2.30. The number of aromatic nitrogens is 1. The Labute approximate surface area is 117 Å². The molecule has 1 saturated carbocycles. The van der Waals surface area contributed by atoms with Crippen LogP contribution in [-0.4, -0.2) is 11.5 Å². The first-order chi connectivity index (χ1) is 9.33. The van der Waals surface area contributed by atoms with Crippen LogP contribution >= 0.6 is 0 Å². The smallest absolute Gasteiger partial charge is 0.0605 e. The van der Waals surface area contributed by atoms with E-state index >= 15 is 0 Å². The first-order valence-corrected chi connectivity index (χ1v) is 8.00. The van der Waals surface area contributed by atoms with Gasteiger partial charge in [-0.15, -0.1) is 0 Å². The van der Waals surface area contributed by atoms with Gasteiger partial charge in [0.1, 0.15) is 0 Å². The second-order valence-corrected chi connectivity index (χ2v) is 6.54. The van der Waals surface area contributed by atoms with Gasteiger partial charge in [0.05, 0.1) is 5.69 Å². The Morgan fingerprint density at radius 2 is 2.21 bits per heavy atom. The first-order valence-electron chi connectivity index (χ1n) is 8.00. The zero-order valence-electron chi connectivity index (χ0n) is 12.1. The maximum absolute atomic E-state index is 4.62. The Kier molecular flexibility index (Phi) is 4.17. The third-order valence-corrected chi connectivity index (χ3v) is 4.89. The molecule has 2 aliphatic carbocycles. The topological polar surface area (TPSA) is 24.9 Å². The van der Waals surface area contributed by atoms with E-state index in [0.29, 0.717) is 6.04 Å². The van der Waals surface area contributed by atoms with Gasteiger partial charge in [0, 0.05) is 12.2 Å². The van der Waals surface area contributed by atoms with E-state index in [-0.39, 0.29) is 0 Å². The summed E-state index contributed by atoms with van der Waals surface area (Å²) in [5.41, 5.74) is 2.78. The molecule has 2 aliphatic rings. The molecule has 0 bridgehead atoms. The van der Waals surface area contributed by atoms with Crippen molar-refractivity contribution in [1.82, 2.24) is 10.3 Å². The minimum Gasteiger partial charge on any atom is -0.308 e. The van der Waals surface area contributed by atoms with Gasteiger partial charge in [0.25, 0.3) is 0 Å². The quantitative estimate of drug-likeness (QED) is 0.890. The standard InChI is InChI=1S/C17H26N2/c1-13-5-2-6-14(11-13)12-19-16-9-3-7-15-8-4-10-18-17(15)16/h4,8,10,13-14,16,19H,2-3,5-7,9,11-12H2,1H3. The molecule has 0 amide bonds. The molecular formula is C17H26N2. The first kappa shape index (κ1) is 13.1. The molecule has 1 heterocycles. The van der Waals surface area contributed by atoms with E-state index < -0.39 is 0 Å². The van der Waals surface area contributed by atoms with E-state index in [2.05, 4.69) is 29.4 Å². The predicted octanol–water partition coefficient (Wildman–Crippen LogP) is 3.87. The molecule has 3 rings (SSSR count). The van der Waals surface area contributed by atoms with Crippen LogP contribution in [0.4, 0.5) is 0 Å². The molecule has 3 unspecified atom stereocenters. The average molecular weight is 258 g/mol. The van der Waals surface area contributed by atoms with Crippen molar-refractivity contribution in [2.24, 2.45) is 11.8 Å². The lowest BCUT2D eigenvalue weighted by molar-refractivity contribution is 0.262. The number of hydrogen-bond acceptors (Lipinski definition) is 2. The second-order valence-electron chi connectivity index (χ2n) is 6.54. The average Bonchev–Trinajstić information content (AvgIpc) is 2.45. The molecule has 1 N–H and O–H groups in total. The third-order valence-electron chi connectivity index (χ3n) is 4.89. The fraction of sp³-hybridized carbons (Fsp3) is 0.706. The Morgan fingerprint density at radius 1 is 1.26 bits per heavy atom. The van der Waals surface area contributed by atoms with E-state index in [4.69, 9.17) is 0 Å². The molecule has 1 aromatic heterocycles. The van der Waals surface area contributed by atoms with Crippen molar-refractivity contribution in [1.29, 1.82) is 0 Å². The molecule has 2 nitrogen and oxygen atoms in total. The van der Waals surface area contributed by atoms with Crippen LogP contribution in [-0.2, 0) is 6.42 Å². The SMILES string of the molecule is CC1CCCC(CNC2CCCc3cccnc32)C1. The van der Waals surface area contributed by atoms with E-state index in [9.17, 15) is 0 Å². The molecule has 2 heteroatoms. The van der Waals surface area contributed by atoms with E-state index in [1.807, 2.05) is 6.20 Å². The van der Waals surface area contributed by atoms with Crippen LogP contribution < -0.4 is 5.32 Å². The summed E-state index contributed by atoms with van der Waals surface area (Å²) in [6, 6.07) is 4.82. The Balaban J connectivity index is 1.59. The Bertz CT molecular complexity index is 415. The van der Waals surface area contributed by atoms with Crippen molar-refractivity contribution >= 4 is 0 Å².